The lowest BCUT2D eigenvalue weighted by molar-refractivity contribution is -0.149. The summed E-state index contributed by atoms with van der Waals surface area (Å²) in [4.78, 5) is 25.1. The van der Waals surface area contributed by atoms with Crippen LogP contribution in [-0.2, 0) is 9.59 Å². The van der Waals surface area contributed by atoms with Crippen LogP contribution in [0.2, 0.25) is 0 Å². The summed E-state index contributed by atoms with van der Waals surface area (Å²) in [6, 6.07) is -0.915. The van der Waals surface area contributed by atoms with E-state index in [0.29, 0.717) is 13.1 Å². The summed E-state index contributed by atoms with van der Waals surface area (Å²) in [5, 5.41) is 12.1. The van der Waals surface area contributed by atoms with Crippen molar-refractivity contribution in [2.45, 2.75) is 52.1 Å². The van der Waals surface area contributed by atoms with E-state index in [4.69, 9.17) is 0 Å². The topological polar surface area (TPSA) is 69.6 Å². The molecule has 1 amide bonds. The molecule has 0 aromatic carbocycles. The summed E-state index contributed by atoms with van der Waals surface area (Å²) in [5.74, 6) is -0.799. The number of amides is 1. The lowest BCUT2D eigenvalue weighted by Crippen LogP contribution is -2.57. The van der Waals surface area contributed by atoms with Crippen molar-refractivity contribution < 1.29 is 14.7 Å². The fourth-order valence-corrected chi connectivity index (χ4v) is 2.59. The molecule has 0 aromatic rings. The zero-order valence-corrected chi connectivity index (χ0v) is 11.5. The Hall–Kier alpha value is -1.10. The van der Waals surface area contributed by atoms with Crippen molar-refractivity contribution in [2.75, 3.05) is 13.1 Å². The summed E-state index contributed by atoms with van der Waals surface area (Å²) < 4.78 is 0. The third-order valence-corrected chi connectivity index (χ3v) is 3.65. The van der Waals surface area contributed by atoms with E-state index in [0.717, 1.165) is 19.3 Å². The Labute approximate surface area is 109 Å². The summed E-state index contributed by atoms with van der Waals surface area (Å²) in [6.07, 6.45) is 2.75. The largest absolute Gasteiger partial charge is 0.480 e. The second-order valence-electron chi connectivity index (χ2n) is 5.11. The Morgan fingerprint density at radius 1 is 1.50 bits per heavy atom. The van der Waals surface area contributed by atoms with E-state index in [1.807, 2.05) is 18.7 Å². The number of carboxylic acids is 1. The van der Waals surface area contributed by atoms with Crippen LogP contribution in [0.1, 0.15) is 40.0 Å². The fraction of sp³-hybridized carbons (Fsp3) is 0.846. The molecule has 2 N–H and O–H groups in total. The number of aliphatic carboxylic acids is 1. The van der Waals surface area contributed by atoms with Crippen molar-refractivity contribution in [1.82, 2.24) is 10.2 Å². The molecule has 0 saturated carbocycles. The van der Waals surface area contributed by atoms with Gasteiger partial charge in [0.05, 0.1) is 6.04 Å². The number of carbonyl (C=O) groups excluding carboxylic acids is 1. The second-order valence-corrected chi connectivity index (χ2v) is 5.11. The number of piperidine rings is 1. The number of likely N-dealkylation sites (tertiary alicyclic amines) is 1. The first-order valence-corrected chi connectivity index (χ1v) is 6.75. The van der Waals surface area contributed by atoms with Crippen molar-refractivity contribution in [1.29, 1.82) is 0 Å². The summed E-state index contributed by atoms with van der Waals surface area (Å²) in [5.41, 5.74) is 0. The van der Waals surface area contributed by atoms with Crippen molar-refractivity contribution in [3.63, 3.8) is 0 Å². The predicted molar refractivity (Wildman–Crippen MR) is 69.3 cm³/mol. The van der Waals surface area contributed by atoms with Gasteiger partial charge in [0, 0.05) is 6.54 Å². The van der Waals surface area contributed by atoms with Crippen LogP contribution in [0.25, 0.3) is 0 Å². The third kappa shape index (κ3) is 3.45. The summed E-state index contributed by atoms with van der Waals surface area (Å²) >= 11 is 0. The standard InChI is InChI=1S/C13H24N2O3/c1-4-7-14-12(16)10(3)15-8-5-6-9(2)11(15)13(17)18/h9-11H,4-8H2,1-3H3,(H,14,16)(H,17,18). The smallest absolute Gasteiger partial charge is 0.321 e. The zero-order valence-electron chi connectivity index (χ0n) is 11.5. The van der Waals surface area contributed by atoms with Crippen LogP contribution in [0.15, 0.2) is 0 Å². The first-order chi connectivity index (χ1) is 8.49. The van der Waals surface area contributed by atoms with Crippen LogP contribution >= 0.6 is 0 Å². The molecule has 1 aliphatic heterocycles. The highest BCUT2D eigenvalue weighted by atomic mass is 16.4. The van der Waals surface area contributed by atoms with Gasteiger partial charge < -0.3 is 10.4 Å². The SMILES string of the molecule is CCCNC(=O)C(C)N1CCCC(C)C1C(=O)O. The first-order valence-electron chi connectivity index (χ1n) is 6.75. The lowest BCUT2D eigenvalue weighted by atomic mass is 9.89. The van der Waals surface area contributed by atoms with Crippen molar-refractivity contribution in [3.8, 4) is 0 Å². The minimum Gasteiger partial charge on any atom is -0.480 e. The second kappa shape index (κ2) is 6.73. The average molecular weight is 256 g/mol. The first kappa shape index (κ1) is 15.0. The minimum atomic E-state index is -0.822. The van der Waals surface area contributed by atoms with Gasteiger partial charge in [-0.1, -0.05) is 13.8 Å². The monoisotopic (exact) mass is 256 g/mol. The third-order valence-electron chi connectivity index (χ3n) is 3.65. The van der Waals surface area contributed by atoms with Crippen LogP contribution in [0.3, 0.4) is 0 Å². The maximum Gasteiger partial charge on any atom is 0.321 e. The molecular weight excluding hydrogens is 232 g/mol. The number of nitrogens with one attached hydrogen (secondary N) is 1. The van der Waals surface area contributed by atoms with E-state index >= 15 is 0 Å². The Bertz CT molecular complexity index is 307. The average Bonchev–Trinajstić information content (AvgIpc) is 2.34. The molecule has 1 saturated heterocycles. The molecule has 0 aromatic heterocycles. The maximum absolute atomic E-state index is 11.9. The van der Waals surface area contributed by atoms with Crippen molar-refractivity contribution in [3.05, 3.63) is 0 Å². The van der Waals surface area contributed by atoms with Crippen molar-refractivity contribution in [2.24, 2.45) is 5.92 Å². The van der Waals surface area contributed by atoms with Crippen molar-refractivity contribution >= 4 is 11.9 Å². The fourth-order valence-electron chi connectivity index (χ4n) is 2.59. The van der Waals surface area contributed by atoms with Gasteiger partial charge in [0.15, 0.2) is 0 Å². The molecule has 5 heteroatoms. The molecule has 3 unspecified atom stereocenters. The van der Waals surface area contributed by atoms with Gasteiger partial charge in [-0.05, 0) is 38.6 Å². The number of carbonyl (C=O) groups is 2. The molecule has 1 heterocycles. The molecule has 104 valence electrons. The van der Waals surface area contributed by atoms with Crippen LogP contribution in [0.5, 0.6) is 0 Å². The number of nitrogens with zero attached hydrogens (tertiary/aromatic N) is 1. The van der Waals surface area contributed by atoms with Crippen LogP contribution in [0, 0.1) is 5.92 Å². The highest BCUT2D eigenvalue weighted by molar-refractivity contribution is 5.82. The summed E-state index contributed by atoms with van der Waals surface area (Å²) in [7, 11) is 0. The Morgan fingerprint density at radius 3 is 2.72 bits per heavy atom. The molecule has 1 aliphatic rings. The Kier molecular flexibility index (Phi) is 5.59. The van der Waals surface area contributed by atoms with E-state index in [-0.39, 0.29) is 17.9 Å². The van der Waals surface area contributed by atoms with Crippen LogP contribution < -0.4 is 5.32 Å². The molecule has 18 heavy (non-hydrogen) atoms. The normalized spacial score (nSPS) is 26.6. The molecule has 0 bridgehead atoms. The van der Waals surface area contributed by atoms with E-state index < -0.39 is 12.0 Å². The molecule has 3 atom stereocenters. The number of carboxylic acid groups (broad SMARTS) is 1. The molecule has 0 spiro atoms. The van der Waals surface area contributed by atoms with Gasteiger partial charge in [-0.15, -0.1) is 0 Å². The van der Waals surface area contributed by atoms with Gasteiger partial charge >= 0.3 is 5.97 Å². The molecule has 1 fully saturated rings. The number of rotatable bonds is 5. The van der Waals surface area contributed by atoms with Crippen LogP contribution in [-0.4, -0.2) is 47.1 Å². The van der Waals surface area contributed by atoms with Crippen LogP contribution in [0.4, 0.5) is 0 Å². The van der Waals surface area contributed by atoms with E-state index in [9.17, 15) is 14.7 Å². The zero-order chi connectivity index (χ0) is 13.7. The van der Waals surface area contributed by atoms with E-state index in [1.54, 1.807) is 6.92 Å². The molecular formula is C13H24N2O3. The van der Waals surface area contributed by atoms with Gasteiger partial charge in [-0.25, -0.2) is 0 Å². The van der Waals surface area contributed by atoms with Gasteiger partial charge in [0.2, 0.25) is 5.91 Å². The molecule has 5 nitrogen and oxygen atoms in total. The maximum atomic E-state index is 11.9. The summed E-state index contributed by atoms with van der Waals surface area (Å²) in [6.45, 7) is 7.06. The minimum absolute atomic E-state index is 0.0720. The number of hydrogen-bond donors (Lipinski definition) is 2. The van der Waals surface area contributed by atoms with Gasteiger partial charge in [0.1, 0.15) is 6.04 Å². The van der Waals surface area contributed by atoms with Gasteiger partial charge in [0.25, 0.3) is 0 Å². The number of hydrogen-bond acceptors (Lipinski definition) is 3. The van der Waals surface area contributed by atoms with Gasteiger partial charge in [-0.3, -0.25) is 14.5 Å². The lowest BCUT2D eigenvalue weighted by Gasteiger charge is -2.40. The molecule has 0 aliphatic carbocycles. The van der Waals surface area contributed by atoms with E-state index in [2.05, 4.69) is 5.32 Å². The highest BCUT2D eigenvalue weighted by Gasteiger charge is 2.38. The van der Waals surface area contributed by atoms with E-state index in [1.165, 1.54) is 0 Å². The molecule has 1 rings (SSSR count). The van der Waals surface area contributed by atoms with Gasteiger partial charge in [-0.2, -0.15) is 0 Å². The molecule has 0 radical (unpaired) electrons. The Morgan fingerprint density at radius 2 is 2.17 bits per heavy atom. The highest BCUT2D eigenvalue weighted by Crippen LogP contribution is 2.25. The Balaban J connectivity index is 2.71. The predicted octanol–water partition coefficient (Wildman–Crippen LogP) is 1.09. The quantitative estimate of drug-likeness (QED) is 0.772.